The van der Waals surface area contributed by atoms with E-state index in [4.69, 9.17) is 7.10 Å². The van der Waals surface area contributed by atoms with Gasteiger partial charge in [-0.05, 0) is 13.8 Å². The van der Waals surface area contributed by atoms with Gasteiger partial charge < -0.3 is 5.73 Å². The number of nitrogens with two attached hydrogens (primary N) is 1. The lowest BCUT2D eigenvalue weighted by molar-refractivity contribution is -0.117. The molecule has 0 aliphatic rings. The largest absolute Gasteiger partial charge is 0.322 e. The molecule has 2 N–H and O–H groups in total. The molecule has 0 unspecified atom stereocenters. The predicted molar refractivity (Wildman–Crippen MR) is 24.3 cm³/mol. The fourth-order valence-electron chi connectivity index (χ4n) is 0. The molecule has 36 valence electrons. The van der Waals surface area contributed by atoms with Crippen LogP contribution < -0.4 is 5.73 Å². The van der Waals surface area contributed by atoms with Crippen molar-refractivity contribution < 1.29 is 6.17 Å². The average Bonchev–Trinajstić information content (AvgIpc) is 1.31. The highest BCUT2D eigenvalue weighted by Gasteiger charge is 1.95. The standard InChI is InChI=1S/C4H9NO/c1-3(5)4(2)6/h3H,5H2,1-2H3/t3-/m0/s1/i3D. The normalized spacial score (nSPS) is 21.5. The predicted octanol–water partition coefficient (Wildman–Crippen LogP) is -0.0774. The molecule has 0 saturated heterocycles. The molecular weight excluding hydrogens is 78.0 g/mol. The van der Waals surface area contributed by atoms with Crippen molar-refractivity contribution in [2.75, 3.05) is 0 Å². The molecule has 0 aromatic carbocycles. The Morgan fingerprint density at radius 1 is 2.17 bits per heavy atom. The highest BCUT2D eigenvalue weighted by Crippen LogP contribution is 1.72. The van der Waals surface area contributed by atoms with Crippen LogP contribution in [0.15, 0.2) is 0 Å². The van der Waals surface area contributed by atoms with Crippen LogP contribution in [-0.4, -0.2) is 11.8 Å². The summed E-state index contributed by atoms with van der Waals surface area (Å²) in [4.78, 5) is 10.2. The molecular formula is C4H9NO. The van der Waals surface area contributed by atoms with Gasteiger partial charge in [0.15, 0.2) is 0 Å². The maximum atomic E-state index is 10.2. The molecule has 2 nitrogen and oxygen atoms in total. The molecule has 0 aliphatic heterocycles. The summed E-state index contributed by atoms with van der Waals surface area (Å²) in [6, 6.07) is -1.39. The molecule has 0 aromatic rings. The van der Waals surface area contributed by atoms with Crippen LogP contribution in [0.2, 0.25) is 0 Å². The van der Waals surface area contributed by atoms with Gasteiger partial charge in [-0.15, -0.1) is 0 Å². The van der Waals surface area contributed by atoms with E-state index < -0.39 is 6.02 Å². The molecule has 0 bridgehead atoms. The number of carbonyl (C=O) groups is 1. The van der Waals surface area contributed by atoms with Gasteiger partial charge in [0.2, 0.25) is 0 Å². The smallest absolute Gasteiger partial charge is 0.146 e. The molecule has 0 amide bonds. The SMILES string of the molecule is [2H][C@@](C)(N)C(C)=O. The van der Waals surface area contributed by atoms with Crippen molar-refractivity contribution in [2.45, 2.75) is 19.9 Å². The highest BCUT2D eigenvalue weighted by molar-refractivity contribution is 5.80. The van der Waals surface area contributed by atoms with Crippen molar-refractivity contribution in [1.82, 2.24) is 0 Å². The Hall–Kier alpha value is -0.370. The molecule has 0 saturated carbocycles. The second-order valence-electron chi connectivity index (χ2n) is 1.24. The van der Waals surface area contributed by atoms with Crippen molar-refractivity contribution in [3.63, 3.8) is 0 Å². The zero-order chi connectivity index (χ0) is 6.08. The minimum Gasteiger partial charge on any atom is -0.322 e. The van der Waals surface area contributed by atoms with Crippen LogP contribution in [0.3, 0.4) is 0 Å². The monoisotopic (exact) mass is 88.1 g/mol. The van der Waals surface area contributed by atoms with E-state index in [0.29, 0.717) is 0 Å². The van der Waals surface area contributed by atoms with Gasteiger partial charge in [-0.1, -0.05) is 0 Å². The van der Waals surface area contributed by atoms with Crippen molar-refractivity contribution in [2.24, 2.45) is 5.73 Å². The Labute approximate surface area is 38.7 Å². The zero-order valence-electron chi connectivity index (χ0n) is 4.99. The van der Waals surface area contributed by atoms with Crippen LogP contribution in [0.1, 0.15) is 15.2 Å². The molecule has 0 aromatic heterocycles. The number of Topliss-reactive ketones (excluding diaryl/α,β-unsaturated/α-hetero) is 1. The molecule has 0 aliphatic carbocycles. The van der Waals surface area contributed by atoms with Crippen molar-refractivity contribution in [3.8, 4) is 0 Å². The molecule has 0 rings (SSSR count). The first-order chi connectivity index (χ1) is 2.94. The van der Waals surface area contributed by atoms with Crippen molar-refractivity contribution >= 4 is 5.78 Å². The van der Waals surface area contributed by atoms with E-state index in [1.54, 1.807) is 0 Å². The van der Waals surface area contributed by atoms with Gasteiger partial charge in [-0.25, -0.2) is 0 Å². The second kappa shape index (κ2) is 1.92. The number of carbonyl (C=O) groups excluding carboxylic acids is 1. The van der Waals surface area contributed by atoms with Crippen molar-refractivity contribution in [3.05, 3.63) is 0 Å². The third-order valence-corrected chi connectivity index (χ3v) is 0.555. The summed E-state index contributed by atoms with van der Waals surface area (Å²) in [5, 5.41) is 0. The van der Waals surface area contributed by atoms with Gasteiger partial charge in [0.1, 0.15) is 5.78 Å². The first-order valence-electron chi connectivity index (χ1n) is 2.24. The number of hydrogen-bond donors (Lipinski definition) is 1. The van der Waals surface area contributed by atoms with Crippen LogP contribution in [0, 0.1) is 0 Å². The lowest BCUT2D eigenvalue weighted by atomic mass is 10.3. The summed E-state index contributed by atoms with van der Waals surface area (Å²) < 4.78 is 6.81. The van der Waals surface area contributed by atoms with Gasteiger partial charge in [0, 0.05) is 0 Å². The molecule has 2 heteroatoms. The Morgan fingerprint density at radius 3 is 2.33 bits per heavy atom. The van der Waals surface area contributed by atoms with E-state index in [0.717, 1.165) is 0 Å². The fraction of sp³-hybridized carbons (Fsp3) is 0.750. The number of hydrogen-bond acceptors (Lipinski definition) is 2. The molecule has 0 heterocycles. The Morgan fingerprint density at radius 2 is 2.33 bits per heavy atom. The van der Waals surface area contributed by atoms with Gasteiger partial charge in [0.25, 0.3) is 0 Å². The topological polar surface area (TPSA) is 43.1 Å². The Bertz CT molecular complexity index is 84.2. The third kappa shape index (κ3) is 1.91. The van der Waals surface area contributed by atoms with Gasteiger partial charge in [-0.2, -0.15) is 0 Å². The molecule has 0 fully saturated rings. The summed E-state index contributed by atoms with van der Waals surface area (Å²) in [7, 11) is 0. The van der Waals surface area contributed by atoms with E-state index in [1.165, 1.54) is 13.8 Å². The van der Waals surface area contributed by atoms with Crippen LogP contribution in [0.25, 0.3) is 0 Å². The number of ketones is 1. The van der Waals surface area contributed by atoms with E-state index in [1.807, 2.05) is 0 Å². The summed E-state index contributed by atoms with van der Waals surface area (Å²) in [5.41, 5.74) is 5.00. The molecule has 0 spiro atoms. The van der Waals surface area contributed by atoms with E-state index in [-0.39, 0.29) is 5.78 Å². The van der Waals surface area contributed by atoms with Crippen molar-refractivity contribution in [1.29, 1.82) is 0 Å². The van der Waals surface area contributed by atoms with Gasteiger partial charge >= 0.3 is 0 Å². The third-order valence-electron chi connectivity index (χ3n) is 0.555. The van der Waals surface area contributed by atoms with Crippen LogP contribution in [-0.2, 0) is 4.79 Å². The minimum atomic E-state index is -1.39. The summed E-state index contributed by atoms with van der Waals surface area (Å²) in [5.74, 6) is -0.312. The summed E-state index contributed by atoms with van der Waals surface area (Å²) >= 11 is 0. The van der Waals surface area contributed by atoms with Crippen LogP contribution >= 0.6 is 0 Å². The first kappa shape index (κ1) is 3.81. The lowest BCUT2D eigenvalue weighted by Crippen LogP contribution is -2.23. The summed E-state index contributed by atoms with van der Waals surface area (Å²) in [6.45, 7) is 2.66. The van der Waals surface area contributed by atoms with E-state index in [2.05, 4.69) is 0 Å². The lowest BCUT2D eigenvalue weighted by Gasteiger charge is -1.91. The highest BCUT2D eigenvalue weighted by atomic mass is 16.1. The maximum Gasteiger partial charge on any atom is 0.146 e. The molecule has 6 heavy (non-hydrogen) atoms. The quantitative estimate of drug-likeness (QED) is 0.487. The second-order valence-corrected chi connectivity index (χ2v) is 1.24. The van der Waals surface area contributed by atoms with Crippen LogP contribution in [0.5, 0.6) is 0 Å². The Balaban J connectivity index is 3.79. The fourth-order valence-corrected chi connectivity index (χ4v) is 0. The van der Waals surface area contributed by atoms with Gasteiger partial charge in [0.05, 0.1) is 7.39 Å². The summed E-state index contributed by atoms with van der Waals surface area (Å²) in [6.07, 6.45) is 0. The zero-order valence-corrected chi connectivity index (χ0v) is 3.99. The number of rotatable bonds is 1. The van der Waals surface area contributed by atoms with E-state index >= 15 is 0 Å². The maximum absolute atomic E-state index is 10.2. The first-order valence-corrected chi connectivity index (χ1v) is 1.74. The van der Waals surface area contributed by atoms with E-state index in [9.17, 15) is 4.79 Å². The minimum absolute atomic E-state index is 0.312. The molecule has 0 radical (unpaired) electrons. The Kier molecular flexibility index (Phi) is 1.22. The average molecular weight is 88.1 g/mol. The van der Waals surface area contributed by atoms with Crippen LogP contribution in [0.4, 0.5) is 0 Å². The molecule has 1 atom stereocenters. The van der Waals surface area contributed by atoms with Gasteiger partial charge in [-0.3, -0.25) is 4.79 Å².